The zero-order chi connectivity index (χ0) is 23.8. The van der Waals surface area contributed by atoms with Crippen molar-refractivity contribution in [2.24, 2.45) is 0 Å². The number of nitriles is 1. The van der Waals surface area contributed by atoms with Crippen molar-refractivity contribution < 1.29 is 17.9 Å². The lowest BCUT2D eigenvalue weighted by Gasteiger charge is -2.17. The van der Waals surface area contributed by atoms with E-state index in [0.29, 0.717) is 18.2 Å². The molecular weight excluding hydrogens is 449 g/mol. The van der Waals surface area contributed by atoms with Crippen LogP contribution in [0.1, 0.15) is 35.0 Å². The third kappa shape index (κ3) is 4.53. The molecule has 1 aromatic carbocycles. The summed E-state index contributed by atoms with van der Waals surface area (Å²) >= 11 is 5.84. The Kier molecular flexibility index (Phi) is 6.14. The number of aryl methyl sites for hydroxylation is 2. The fourth-order valence-corrected chi connectivity index (χ4v) is 3.27. The van der Waals surface area contributed by atoms with Crippen molar-refractivity contribution in [3.63, 3.8) is 0 Å². The van der Waals surface area contributed by atoms with Gasteiger partial charge in [0.1, 0.15) is 6.07 Å². The van der Waals surface area contributed by atoms with Crippen LogP contribution in [0, 0.1) is 31.0 Å². The van der Waals surface area contributed by atoms with Gasteiger partial charge in [0.2, 0.25) is 5.75 Å². The molecule has 0 radical (unpaired) electrons. The van der Waals surface area contributed by atoms with Crippen molar-refractivity contribution in [3.05, 3.63) is 84.2 Å². The molecule has 7 nitrogen and oxygen atoms in total. The first-order valence-corrected chi connectivity index (χ1v) is 9.54. The molecule has 3 aromatic rings. The maximum atomic E-state index is 14.5. The second kappa shape index (κ2) is 8.51. The lowest BCUT2D eigenvalue weighted by atomic mass is 10.1. The molecule has 2 aromatic heterocycles. The number of alkyl halides is 2. The van der Waals surface area contributed by atoms with Crippen molar-refractivity contribution in [2.45, 2.75) is 33.2 Å². The quantitative estimate of drug-likeness (QED) is 0.611. The number of aromatic amines is 1. The summed E-state index contributed by atoms with van der Waals surface area (Å²) in [5, 5.41) is 8.91. The molecule has 0 aliphatic carbocycles. The highest BCUT2D eigenvalue weighted by Gasteiger charge is 2.34. The van der Waals surface area contributed by atoms with E-state index in [4.69, 9.17) is 21.6 Å². The third-order valence-corrected chi connectivity index (χ3v) is 4.79. The maximum Gasteiger partial charge on any atom is 0.297 e. The zero-order valence-electron chi connectivity index (χ0n) is 17.1. The van der Waals surface area contributed by atoms with Crippen LogP contribution in [0.25, 0.3) is 0 Å². The summed E-state index contributed by atoms with van der Waals surface area (Å²) in [6.45, 7) is 3.55. The van der Waals surface area contributed by atoms with E-state index in [0.717, 1.165) is 23.0 Å². The van der Waals surface area contributed by atoms with Gasteiger partial charge in [-0.05, 0) is 31.5 Å². The molecule has 0 saturated heterocycles. The average Bonchev–Trinajstić information content (AvgIpc) is 2.68. The molecule has 32 heavy (non-hydrogen) atoms. The number of rotatable bonds is 5. The Morgan fingerprint density at radius 3 is 2.56 bits per heavy atom. The van der Waals surface area contributed by atoms with E-state index < -0.39 is 45.6 Å². The minimum absolute atomic E-state index is 0.103. The highest BCUT2D eigenvalue weighted by atomic mass is 35.5. The topological polar surface area (TPSA) is 101 Å². The van der Waals surface area contributed by atoms with Gasteiger partial charge in [0.25, 0.3) is 17.0 Å². The smallest absolute Gasteiger partial charge is 0.297 e. The molecule has 0 atom stereocenters. The Hall–Kier alpha value is -3.58. The van der Waals surface area contributed by atoms with E-state index in [-0.39, 0.29) is 17.1 Å². The molecule has 11 heteroatoms. The van der Waals surface area contributed by atoms with Crippen LogP contribution in [-0.2, 0) is 12.5 Å². The fraction of sp³-hybridized carbons (Fsp3) is 0.238. The van der Waals surface area contributed by atoms with Gasteiger partial charge in [-0.3, -0.25) is 14.2 Å². The molecule has 0 aliphatic heterocycles. The number of aromatic nitrogens is 3. The van der Waals surface area contributed by atoms with Gasteiger partial charge in [0.05, 0.1) is 18.4 Å². The summed E-state index contributed by atoms with van der Waals surface area (Å²) in [5.74, 6) is -6.44. The Morgan fingerprint density at radius 2 is 1.97 bits per heavy atom. The van der Waals surface area contributed by atoms with Gasteiger partial charge in [-0.15, -0.1) is 0 Å². The Labute approximate surface area is 184 Å². The first kappa shape index (κ1) is 23.1. The van der Waals surface area contributed by atoms with Crippen molar-refractivity contribution in [3.8, 4) is 17.6 Å². The summed E-state index contributed by atoms with van der Waals surface area (Å²) in [4.78, 5) is 31.5. The zero-order valence-corrected chi connectivity index (χ0v) is 17.9. The van der Waals surface area contributed by atoms with Gasteiger partial charge in [-0.1, -0.05) is 11.6 Å². The van der Waals surface area contributed by atoms with Crippen LogP contribution >= 0.6 is 11.6 Å². The number of ether oxygens (including phenoxy) is 1. The Morgan fingerprint density at radius 1 is 1.28 bits per heavy atom. The summed E-state index contributed by atoms with van der Waals surface area (Å²) in [7, 11) is 0. The van der Waals surface area contributed by atoms with Gasteiger partial charge in [0.15, 0.2) is 17.3 Å². The number of H-pyrrole nitrogens is 1. The van der Waals surface area contributed by atoms with E-state index in [1.165, 1.54) is 0 Å². The second-order valence-corrected chi connectivity index (χ2v) is 7.60. The monoisotopic (exact) mass is 464 g/mol. The summed E-state index contributed by atoms with van der Waals surface area (Å²) < 4.78 is 48.9. The van der Waals surface area contributed by atoms with Crippen LogP contribution < -0.4 is 15.9 Å². The summed E-state index contributed by atoms with van der Waals surface area (Å²) in [6, 6.07) is 5.21. The molecule has 0 fully saturated rings. The van der Waals surface area contributed by atoms with E-state index in [1.54, 1.807) is 26.0 Å². The molecule has 2 heterocycles. The van der Waals surface area contributed by atoms with Crippen LogP contribution in [0.3, 0.4) is 0 Å². The van der Waals surface area contributed by atoms with Gasteiger partial charge < -0.3 is 9.72 Å². The standard InChI is InChI=1S/C21H16ClF3N4O3/c1-10-4-11(2)28-19(30)14(10)8-29-9-27-18(21(3,24)25)17(20(29)31)32-15-6-13(22)5-12(7-26)16(15)23/h4-6,9H,8H2,1-3H3,(H,28,30). The van der Waals surface area contributed by atoms with Gasteiger partial charge in [-0.25, -0.2) is 9.37 Å². The largest absolute Gasteiger partial charge is 0.446 e. The number of hydrogen-bond donors (Lipinski definition) is 1. The molecular formula is C21H16ClF3N4O3. The SMILES string of the molecule is Cc1cc(C)c(Cn2cnc(C(C)(F)F)c(Oc3cc(Cl)cc(C#N)c3F)c2=O)c(=O)[nH]1. The van der Waals surface area contributed by atoms with E-state index in [2.05, 4.69) is 9.97 Å². The van der Waals surface area contributed by atoms with Gasteiger partial charge in [0, 0.05) is 29.3 Å². The number of halogens is 4. The molecule has 166 valence electrons. The minimum Gasteiger partial charge on any atom is -0.446 e. The van der Waals surface area contributed by atoms with Crippen molar-refractivity contribution >= 4 is 11.6 Å². The first-order valence-electron chi connectivity index (χ1n) is 9.16. The van der Waals surface area contributed by atoms with E-state index >= 15 is 0 Å². The van der Waals surface area contributed by atoms with E-state index in [1.807, 2.05) is 0 Å². The summed E-state index contributed by atoms with van der Waals surface area (Å²) in [6.07, 6.45) is 0.857. The predicted octanol–water partition coefficient (Wildman–Crippen LogP) is 4.16. The summed E-state index contributed by atoms with van der Waals surface area (Å²) in [5.41, 5.74) is -1.67. The molecule has 0 bridgehead atoms. The third-order valence-electron chi connectivity index (χ3n) is 4.57. The van der Waals surface area contributed by atoms with Crippen LogP contribution in [0.2, 0.25) is 5.02 Å². The van der Waals surface area contributed by atoms with Gasteiger partial charge in [-0.2, -0.15) is 14.0 Å². The minimum atomic E-state index is -3.61. The molecule has 1 N–H and O–H groups in total. The average molecular weight is 465 g/mol. The van der Waals surface area contributed by atoms with Crippen LogP contribution in [0.4, 0.5) is 13.2 Å². The van der Waals surface area contributed by atoms with Crippen molar-refractivity contribution in [2.75, 3.05) is 0 Å². The van der Waals surface area contributed by atoms with Crippen molar-refractivity contribution in [1.29, 1.82) is 5.26 Å². The predicted molar refractivity (Wildman–Crippen MR) is 110 cm³/mol. The fourth-order valence-electron chi connectivity index (χ4n) is 3.07. The highest BCUT2D eigenvalue weighted by Crippen LogP contribution is 2.35. The molecule has 0 unspecified atom stereocenters. The normalized spacial score (nSPS) is 11.3. The van der Waals surface area contributed by atoms with Crippen LogP contribution in [0.15, 0.2) is 34.1 Å². The Balaban J connectivity index is 2.18. The first-order chi connectivity index (χ1) is 14.9. The highest BCUT2D eigenvalue weighted by molar-refractivity contribution is 6.30. The van der Waals surface area contributed by atoms with E-state index in [9.17, 15) is 22.8 Å². The number of nitrogens with zero attached hydrogens (tertiary/aromatic N) is 3. The van der Waals surface area contributed by atoms with Crippen LogP contribution in [0.5, 0.6) is 11.5 Å². The van der Waals surface area contributed by atoms with Crippen LogP contribution in [-0.4, -0.2) is 14.5 Å². The number of nitrogens with one attached hydrogen (secondary N) is 1. The maximum absolute atomic E-state index is 14.5. The molecule has 0 amide bonds. The number of benzene rings is 1. The van der Waals surface area contributed by atoms with Gasteiger partial charge >= 0.3 is 0 Å². The second-order valence-electron chi connectivity index (χ2n) is 7.17. The molecule has 0 spiro atoms. The lowest BCUT2D eigenvalue weighted by Crippen LogP contribution is -2.29. The molecule has 0 saturated carbocycles. The lowest BCUT2D eigenvalue weighted by molar-refractivity contribution is 0.0100. The Bertz CT molecular complexity index is 1370. The molecule has 3 rings (SSSR count). The number of hydrogen-bond acceptors (Lipinski definition) is 5. The number of pyridine rings is 1. The molecule has 0 aliphatic rings. The van der Waals surface area contributed by atoms with Crippen molar-refractivity contribution in [1.82, 2.24) is 14.5 Å².